The van der Waals surface area contributed by atoms with Crippen LogP contribution in [-0.4, -0.2) is 88.2 Å². The molecule has 0 spiro atoms. The lowest BCUT2D eigenvalue weighted by atomic mass is 10.4. The molecule has 3 aromatic heterocycles. The second kappa shape index (κ2) is 9.14. The van der Waals surface area contributed by atoms with Gasteiger partial charge in [0.15, 0.2) is 0 Å². The van der Waals surface area contributed by atoms with E-state index in [1.165, 1.54) is 43.4 Å². The van der Waals surface area contributed by atoms with Gasteiger partial charge in [0.2, 0.25) is 20.0 Å². The summed E-state index contributed by atoms with van der Waals surface area (Å²) in [5.74, 6) is 0.342. The number of ether oxygens (including phenoxy) is 2. The van der Waals surface area contributed by atoms with Crippen molar-refractivity contribution in [3.8, 4) is 21.5 Å². The highest BCUT2D eigenvalue weighted by atomic mass is 32.2. The molecule has 2 aliphatic rings. The normalized spacial score (nSPS) is 19.2. The number of sulfonamides is 2. The number of thiophene rings is 2. The van der Waals surface area contributed by atoms with Crippen molar-refractivity contribution in [1.29, 1.82) is 0 Å². The first-order valence-corrected chi connectivity index (χ1v) is 14.7. The molecule has 15 heteroatoms. The second-order valence-corrected chi connectivity index (χ2v) is 12.9. The summed E-state index contributed by atoms with van der Waals surface area (Å²) in [4.78, 5) is 1.36. The average molecular weight is 533 g/mol. The lowest BCUT2D eigenvalue weighted by Gasteiger charge is -2.25. The van der Waals surface area contributed by atoms with E-state index in [1.807, 2.05) is 0 Å². The maximum absolute atomic E-state index is 12.8. The molecular formula is C18H20N4O7S4. The summed E-state index contributed by atoms with van der Waals surface area (Å²) in [6.07, 6.45) is 0. The van der Waals surface area contributed by atoms with Gasteiger partial charge in [-0.05, 0) is 12.1 Å². The van der Waals surface area contributed by atoms with E-state index in [-0.39, 0.29) is 21.6 Å². The van der Waals surface area contributed by atoms with E-state index in [0.29, 0.717) is 62.4 Å². The number of hydrogen-bond donors (Lipinski definition) is 0. The Labute approximate surface area is 198 Å². The van der Waals surface area contributed by atoms with E-state index in [9.17, 15) is 16.8 Å². The van der Waals surface area contributed by atoms with Crippen LogP contribution in [-0.2, 0) is 29.5 Å². The first-order valence-electron chi connectivity index (χ1n) is 10.0. The summed E-state index contributed by atoms with van der Waals surface area (Å²) in [6, 6.07) is 3.02. The zero-order valence-electron chi connectivity index (χ0n) is 17.2. The smallest absolute Gasteiger partial charge is 0.258 e. The van der Waals surface area contributed by atoms with Gasteiger partial charge in [-0.25, -0.2) is 16.8 Å². The molecule has 2 aliphatic heterocycles. The molecule has 178 valence electrons. The molecule has 0 bridgehead atoms. The Balaban J connectivity index is 1.35. The number of morpholine rings is 2. The molecule has 2 saturated heterocycles. The van der Waals surface area contributed by atoms with Crippen molar-refractivity contribution in [2.24, 2.45) is 0 Å². The minimum atomic E-state index is -3.62. The van der Waals surface area contributed by atoms with E-state index >= 15 is 0 Å². The van der Waals surface area contributed by atoms with Crippen LogP contribution in [0.5, 0.6) is 0 Å². The van der Waals surface area contributed by atoms with Crippen molar-refractivity contribution in [3.63, 3.8) is 0 Å². The van der Waals surface area contributed by atoms with Crippen molar-refractivity contribution in [3.05, 3.63) is 22.9 Å². The third-order valence-electron chi connectivity index (χ3n) is 5.21. The van der Waals surface area contributed by atoms with Crippen LogP contribution in [0.25, 0.3) is 21.5 Å². The Morgan fingerprint density at radius 3 is 1.48 bits per heavy atom. The van der Waals surface area contributed by atoms with E-state index in [0.717, 1.165) is 0 Å². The zero-order valence-corrected chi connectivity index (χ0v) is 20.5. The monoisotopic (exact) mass is 532 g/mol. The highest BCUT2D eigenvalue weighted by Gasteiger charge is 2.30. The Morgan fingerprint density at radius 2 is 1.09 bits per heavy atom. The van der Waals surface area contributed by atoms with Gasteiger partial charge in [0.1, 0.15) is 0 Å². The highest BCUT2D eigenvalue weighted by Crippen LogP contribution is 2.34. The van der Waals surface area contributed by atoms with Crippen molar-refractivity contribution in [1.82, 2.24) is 18.8 Å². The second-order valence-electron chi connectivity index (χ2n) is 7.24. The third kappa shape index (κ3) is 4.51. The minimum absolute atomic E-state index is 0.166. The lowest BCUT2D eigenvalue weighted by Crippen LogP contribution is -2.40. The molecule has 0 saturated carbocycles. The molecule has 0 amide bonds. The van der Waals surface area contributed by atoms with Gasteiger partial charge in [-0.2, -0.15) is 8.61 Å². The Hall–Kier alpha value is -1.72. The minimum Gasteiger partial charge on any atom is -0.414 e. The van der Waals surface area contributed by atoms with Crippen LogP contribution in [0.1, 0.15) is 0 Å². The summed E-state index contributed by atoms with van der Waals surface area (Å²) in [6.45, 7) is 2.72. The van der Waals surface area contributed by atoms with Gasteiger partial charge in [0.25, 0.3) is 11.8 Å². The molecule has 0 N–H and O–H groups in total. The average Bonchev–Trinajstić information content (AvgIpc) is 3.60. The number of rotatable bonds is 6. The fourth-order valence-corrected chi connectivity index (χ4v) is 8.61. The Kier molecular flexibility index (Phi) is 6.39. The quantitative estimate of drug-likeness (QED) is 0.464. The summed E-state index contributed by atoms with van der Waals surface area (Å²) in [7, 11) is -7.25. The van der Waals surface area contributed by atoms with Crippen LogP contribution in [0.2, 0.25) is 0 Å². The van der Waals surface area contributed by atoms with Gasteiger partial charge in [-0.1, -0.05) is 0 Å². The first kappa shape index (κ1) is 23.0. The summed E-state index contributed by atoms with van der Waals surface area (Å²) >= 11 is 2.37. The summed E-state index contributed by atoms with van der Waals surface area (Å²) in [5, 5.41) is 11.1. The molecule has 2 fully saturated rings. The van der Waals surface area contributed by atoms with Crippen LogP contribution < -0.4 is 0 Å². The predicted octanol–water partition coefficient (Wildman–Crippen LogP) is 1.57. The van der Waals surface area contributed by atoms with Gasteiger partial charge >= 0.3 is 0 Å². The van der Waals surface area contributed by atoms with Crippen molar-refractivity contribution < 1.29 is 30.7 Å². The van der Waals surface area contributed by atoms with Crippen LogP contribution in [0.15, 0.2) is 37.1 Å². The van der Waals surface area contributed by atoms with Crippen LogP contribution in [0.3, 0.4) is 0 Å². The molecular weight excluding hydrogens is 512 g/mol. The predicted molar refractivity (Wildman–Crippen MR) is 120 cm³/mol. The van der Waals surface area contributed by atoms with Gasteiger partial charge in [-0.15, -0.1) is 32.9 Å². The molecule has 5 heterocycles. The maximum Gasteiger partial charge on any atom is 0.258 e. The van der Waals surface area contributed by atoms with Crippen LogP contribution in [0, 0.1) is 0 Å². The third-order valence-corrected chi connectivity index (χ3v) is 11.1. The fourth-order valence-electron chi connectivity index (χ4n) is 3.43. The molecule has 0 radical (unpaired) electrons. The topological polar surface area (TPSA) is 132 Å². The van der Waals surface area contributed by atoms with Crippen LogP contribution in [0.4, 0.5) is 0 Å². The molecule has 0 aromatic carbocycles. The van der Waals surface area contributed by atoms with Crippen molar-refractivity contribution in [2.75, 3.05) is 52.6 Å². The Bertz CT molecular complexity index is 1230. The summed E-state index contributed by atoms with van der Waals surface area (Å²) < 4.78 is 70.3. The van der Waals surface area contributed by atoms with Crippen molar-refractivity contribution >= 4 is 42.7 Å². The molecule has 0 atom stereocenters. The highest BCUT2D eigenvalue weighted by molar-refractivity contribution is 7.89. The molecule has 0 aliphatic carbocycles. The van der Waals surface area contributed by atoms with Crippen LogP contribution >= 0.6 is 22.7 Å². The SMILES string of the molecule is O=S(=O)(c1csc(-c2nnc(-c3cc(S(=O)(=O)N4CCOCC4)cs3)o2)c1)N1CCOCC1. The molecule has 0 unspecified atom stereocenters. The van der Waals surface area contributed by atoms with E-state index in [4.69, 9.17) is 13.9 Å². The van der Waals surface area contributed by atoms with Gasteiger partial charge in [0, 0.05) is 36.9 Å². The summed E-state index contributed by atoms with van der Waals surface area (Å²) in [5.41, 5.74) is 0. The molecule has 5 rings (SSSR count). The first-order chi connectivity index (χ1) is 15.9. The lowest BCUT2D eigenvalue weighted by molar-refractivity contribution is 0.0730. The van der Waals surface area contributed by atoms with Crippen molar-refractivity contribution in [2.45, 2.75) is 9.79 Å². The standard InChI is InChI=1S/C18H20N4O7S4/c23-32(24,21-1-5-27-6-2-21)13-9-15(30-11-13)17-19-20-18(29-17)16-10-14(12-31-16)33(25,26)22-3-7-28-8-4-22/h9-12H,1-8H2. The number of hydrogen-bond acceptors (Lipinski definition) is 11. The number of aromatic nitrogens is 2. The van der Waals surface area contributed by atoms with Gasteiger partial charge in [0.05, 0.1) is 46.0 Å². The zero-order chi connectivity index (χ0) is 23.1. The molecule has 11 nitrogen and oxygen atoms in total. The largest absolute Gasteiger partial charge is 0.414 e. The van der Waals surface area contributed by atoms with E-state index in [2.05, 4.69) is 10.2 Å². The van der Waals surface area contributed by atoms with E-state index < -0.39 is 20.0 Å². The fraction of sp³-hybridized carbons (Fsp3) is 0.444. The van der Waals surface area contributed by atoms with E-state index in [1.54, 1.807) is 10.8 Å². The molecule has 3 aromatic rings. The molecule has 33 heavy (non-hydrogen) atoms. The maximum atomic E-state index is 12.8. The van der Waals surface area contributed by atoms with Gasteiger partial charge < -0.3 is 13.9 Å². The Morgan fingerprint density at radius 1 is 0.697 bits per heavy atom. The van der Waals surface area contributed by atoms with Gasteiger partial charge in [-0.3, -0.25) is 0 Å². The number of nitrogens with zero attached hydrogens (tertiary/aromatic N) is 4.